The van der Waals surface area contributed by atoms with Gasteiger partial charge in [0.25, 0.3) is 6.71 Å². The van der Waals surface area contributed by atoms with E-state index >= 15 is 0 Å². The van der Waals surface area contributed by atoms with Crippen molar-refractivity contribution < 1.29 is 17.9 Å². The smallest absolute Gasteiger partial charge is 0.406 e. The third kappa shape index (κ3) is 5.74. The highest BCUT2D eigenvalue weighted by Crippen LogP contribution is 2.50. The summed E-state index contributed by atoms with van der Waals surface area (Å²) in [7, 11) is 0. The lowest BCUT2D eigenvalue weighted by atomic mass is 9.33. The minimum absolute atomic E-state index is 0.0691. The second kappa shape index (κ2) is 12.4. The number of halogens is 3. The predicted octanol–water partition coefficient (Wildman–Crippen LogP) is 12.2. The molecule has 0 amide bonds. The van der Waals surface area contributed by atoms with E-state index in [2.05, 4.69) is 150 Å². The third-order valence-corrected chi connectivity index (χ3v) is 11.7. The molecule has 3 nitrogen and oxygen atoms in total. The molecule has 0 saturated carbocycles. The van der Waals surface area contributed by atoms with Gasteiger partial charge in [-0.2, -0.15) is 0 Å². The second-order valence-electron chi connectivity index (χ2n) is 17.5. The Morgan fingerprint density at radius 2 is 0.929 bits per heavy atom. The van der Waals surface area contributed by atoms with Gasteiger partial charge in [0, 0.05) is 57.0 Å². The molecule has 2 heterocycles. The van der Waals surface area contributed by atoms with Gasteiger partial charge in [0.05, 0.1) is 0 Å². The van der Waals surface area contributed by atoms with E-state index in [9.17, 15) is 13.2 Å². The van der Waals surface area contributed by atoms with E-state index in [0.717, 1.165) is 71.8 Å². The molecular formula is C49H44BF3N2O. The number of nitrogens with zero attached hydrogens (tertiary/aromatic N) is 2. The molecule has 0 unspecified atom stereocenters. The molecule has 9 rings (SSSR count). The molecule has 0 N–H and O–H groups in total. The summed E-state index contributed by atoms with van der Waals surface area (Å²) in [4.78, 5) is 4.36. The number of rotatable bonds is 3. The van der Waals surface area contributed by atoms with Crippen molar-refractivity contribution in [3.05, 3.63) is 144 Å². The van der Waals surface area contributed by atoms with Gasteiger partial charge in [-0.1, -0.05) is 139 Å². The SMILES string of the molecule is Cc1ccccc1N1c2cc(OC(F)(F)F)cc3c2B(c2ccc4cc(C(C)(C)C)ccc4c21)c1ccc2cc(C(C)(C)C)ccc2c1N3c1ccccc1C. The number of ether oxygens (including phenoxy) is 1. The summed E-state index contributed by atoms with van der Waals surface area (Å²) in [6.07, 6.45) is -4.90. The van der Waals surface area contributed by atoms with Gasteiger partial charge in [-0.25, -0.2) is 0 Å². The van der Waals surface area contributed by atoms with Crippen LogP contribution >= 0.6 is 0 Å². The Balaban J connectivity index is 1.46. The van der Waals surface area contributed by atoms with Crippen LogP contribution < -0.4 is 30.9 Å². The van der Waals surface area contributed by atoms with Crippen molar-refractivity contribution in [1.82, 2.24) is 0 Å². The minimum atomic E-state index is -4.90. The fraction of sp³-hybridized carbons (Fsp3) is 0.224. The number of alkyl halides is 3. The van der Waals surface area contributed by atoms with Crippen LogP contribution in [-0.4, -0.2) is 13.1 Å². The summed E-state index contributed by atoms with van der Waals surface area (Å²) in [5, 5.41) is 4.22. The number of aryl methyl sites for hydroxylation is 2. The number of hydrogen-bond donors (Lipinski definition) is 0. The Hall–Kier alpha value is -5.69. The first-order chi connectivity index (χ1) is 26.5. The predicted molar refractivity (Wildman–Crippen MR) is 229 cm³/mol. The maximum Gasteiger partial charge on any atom is 0.573 e. The Morgan fingerprint density at radius 1 is 0.500 bits per heavy atom. The van der Waals surface area contributed by atoms with E-state index in [1.165, 1.54) is 11.1 Å². The van der Waals surface area contributed by atoms with Gasteiger partial charge in [-0.05, 0) is 86.2 Å². The van der Waals surface area contributed by atoms with Crippen LogP contribution in [0.15, 0.2) is 121 Å². The molecule has 0 spiro atoms. The molecule has 56 heavy (non-hydrogen) atoms. The van der Waals surface area contributed by atoms with Crippen molar-refractivity contribution in [2.75, 3.05) is 9.80 Å². The molecule has 7 heteroatoms. The van der Waals surface area contributed by atoms with Gasteiger partial charge < -0.3 is 14.5 Å². The first-order valence-corrected chi connectivity index (χ1v) is 19.3. The maximum absolute atomic E-state index is 14.4. The fourth-order valence-electron chi connectivity index (χ4n) is 8.86. The lowest BCUT2D eigenvalue weighted by Gasteiger charge is -2.45. The van der Waals surface area contributed by atoms with Crippen LogP contribution in [0.25, 0.3) is 21.5 Å². The van der Waals surface area contributed by atoms with Crippen molar-refractivity contribution >= 4 is 78.8 Å². The molecular weight excluding hydrogens is 700 g/mol. The van der Waals surface area contributed by atoms with Crippen LogP contribution in [0.1, 0.15) is 63.8 Å². The van der Waals surface area contributed by atoms with Gasteiger partial charge in [0.1, 0.15) is 5.75 Å². The molecule has 0 atom stereocenters. The molecule has 280 valence electrons. The zero-order chi connectivity index (χ0) is 39.5. The minimum Gasteiger partial charge on any atom is -0.406 e. The highest BCUT2D eigenvalue weighted by molar-refractivity contribution is 7.00. The van der Waals surface area contributed by atoms with E-state index in [1.807, 2.05) is 24.3 Å². The third-order valence-electron chi connectivity index (χ3n) is 11.7. The Bertz CT molecular complexity index is 2560. The number of anilines is 6. The van der Waals surface area contributed by atoms with E-state index in [-0.39, 0.29) is 23.3 Å². The zero-order valence-corrected chi connectivity index (χ0v) is 33.1. The van der Waals surface area contributed by atoms with Crippen LogP contribution in [0.2, 0.25) is 0 Å². The largest absolute Gasteiger partial charge is 0.573 e. The van der Waals surface area contributed by atoms with Crippen LogP contribution in [0.5, 0.6) is 5.75 Å². The van der Waals surface area contributed by atoms with E-state index in [4.69, 9.17) is 4.74 Å². The molecule has 2 aliphatic heterocycles. The number of para-hydroxylation sites is 2. The van der Waals surface area contributed by atoms with E-state index in [0.29, 0.717) is 11.4 Å². The number of fused-ring (bicyclic) bond motifs is 8. The standard InChI is InChI=1S/C49H44BF3N2O/c1-29-13-9-11-15-40(29)54-42-27-35(56-49(51,52)53)28-43-44(42)50(38-23-17-31-25-33(47(3,4)5)19-21-36(31)45(38)54)39-24-18-32-26-34(48(6,7)8)20-22-37(32)46(39)55(43)41-16-12-10-14-30(41)2/h9-28H,1-8H3. The van der Waals surface area contributed by atoms with Gasteiger partial charge in [-0.15, -0.1) is 13.2 Å². The monoisotopic (exact) mass is 744 g/mol. The summed E-state index contributed by atoms with van der Waals surface area (Å²) in [6, 6.07) is 41.6. The molecule has 0 bridgehead atoms. The summed E-state index contributed by atoms with van der Waals surface area (Å²) in [5.41, 5.74) is 12.5. The fourth-order valence-corrected chi connectivity index (χ4v) is 8.86. The van der Waals surface area contributed by atoms with Gasteiger partial charge in [-0.3, -0.25) is 0 Å². The summed E-state index contributed by atoms with van der Waals surface area (Å²) >= 11 is 0. The Kier molecular flexibility index (Phi) is 7.97. The summed E-state index contributed by atoms with van der Waals surface area (Å²) in [6.45, 7) is 17.1. The molecule has 7 aromatic rings. The van der Waals surface area contributed by atoms with E-state index < -0.39 is 6.36 Å². The van der Waals surface area contributed by atoms with Gasteiger partial charge in [0.15, 0.2) is 0 Å². The first kappa shape index (κ1) is 36.0. The molecule has 0 saturated heterocycles. The molecule has 0 aromatic heterocycles. The lowest BCUT2D eigenvalue weighted by Crippen LogP contribution is -2.61. The van der Waals surface area contributed by atoms with Crippen LogP contribution in [0, 0.1) is 13.8 Å². The van der Waals surface area contributed by atoms with Crippen LogP contribution in [0.4, 0.5) is 47.3 Å². The average Bonchev–Trinajstić information content (AvgIpc) is 3.13. The zero-order valence-electron chi connectivity index (χ0n) is 33.1. The molecule has 0 aliphatic carbocycles. The van der Waals surface area contributed by atoms with E-state index in [1.54, 1.807) is 12.1 Å². The van der Waals surface area contributed by atoms with Crippen LogP contribution in [0.3, 0.4) is 0 Å². The van der Waals surface area contributed by atoms with Crippen molar-refractivity contribution in [3.63, 3.8) is 0 Å². The van der Waals surface area contributed by atoms with Gasteiger partial charge in [0.2, 0.25) is 0 Å². The molecule has 0 fully saturated rings. The van der Waals surface area contributed by atoms with Crippen LogP contribution in [-0.2, 0) is 10.8 Å². The van der Waals surface area contributed by atoms with Crippen molar-refractivity contribution in [2.24, 2.45) is 0 Å². The Morgan fingerprint density at radius 3 is 1.32 bits per heavy atom. The van der Waals surface area contributed by atoms with Crippen molar-refractivity contribution in [3.8, 4) is 5.75 Å². The summed E-state index contributed by atoms with van der Waals surface area (Å²) < 4.78 is 48.0. The second-order valence-corrected chi connectivity index (χ2v) is 17.5. The highest BCUT2D eigenvalue weighted by atomic mass is 19.4. The Labute approximate surface area is 327 Å². The van der Waals surface area contributed by atoms with Crippen molar-refractivity contribution in [2.45, 2.75) is 72.6 Å². The maximum atomic E-state index is 14.4. The average molecular weight is 745 g/mol. The molecule has 0 radical (unpaired) electrons. The lowest BCUT2D eigenvalue weighted by molar-refractivity contribution is -0.274. The first-order valence-electron chi connectivity index (χ1n) is 19.3. The highest BCUT2D eigenvalue weighted by Gasteiger charge is 2.46. The normalized spacial score (nSPS) is 13.9. The topological polar surface area (TPSA) is 15.7 Å². The molecule has 7 aromatic carbocycles. The van der Waals surface area contributed by atoms with Gasteiger partial charge >= 0.3 is 6.36 Å². The van der Waals surface area contributed by atoms with Crippen molar-refractivity contribution in [1.29, 1.82) is 0 Å². The molecule has 2 aliphatic rings. The number of benzene rings is 7. The number of hydrogen-bond acceptors (Lipinski definition) is 3. The summed E-state index contributed by atoms with van der Waals surface area (Å²) in [5.74, 6) is -0.264. The quantitative estimate of drug-likeness (QED) is 0.168.